The standard InChI is InChI=1S/C4H10N.2ClH.Sn/c1-2-3-4-5;;;/h1-5H2;2*1H;. The van der Waals surface area contributed by atoms with Crippen molar-refractivity contribution in [1.29, 1.82) is 0 Å². The Morgan fingerprint density at radius 1 is 1.12 bits per heavy atom. The fourth-order valence-corrected chi connectivity index (χ4v) is 0.983. The first-order chi connectivity index (χ1) is 2.91. The topological polar surface area (TPSA) is 26.0 Å². The third-order valence-corrected chi connectivity index (χ3v) is 1.64. The molecule has 0 fully saturated rings. The summed E-state index contributed by atoms with van der Waals surface area (Å²) in [5, 5.41) is 0. The molecule has 0 rings (SSSR count). The molecule has 0 saturated heterocycles. The van der Waals surface area contributed by atoms with Crippen LogP contribution < -0.4 is 5.73 Å². The monoisotopic (exact) mass is 264 g/mol. The van der Waals surface area contributed by atoms with Crippen molar-refractivity contribution in [3.8, 4) is 0 Å². The van der Waals surface area contributed by atoms with Crippen molar-refractivity contribution in [3.63, 3.8) is 0 Å². The molecule has 0 saturated carbocycles. The van der Waals surface area contributed by atoms with Gasteiger partial charge in [0.25, 0.3) is 0 Å². The van der Waals surface area contributed by atoms with Gasteiger partial charge in [-0.15, -0.1) is 24.8 Å². The van der Waals surface area contributed by atoms with E-state index < -0.39 is 0 Å². The average Bonchev–Trinajstić information content (AvgIpc) is 1.61. The maximum atomic E-state index is 5.22. The van der Waals surface area contributed by atoms with E-state index in [1.807, 2.05) is 0 Å². The Labute approximate surface area is 76.7 Å². The zero-order valence-corrected chi connectivity index (χ0v) is 9.21. The Hall–Kier alpha value is 1.34. The summed E-state index contributed by atoms with van der Waals surface area (Å²) < 4.78 is 1.36. The van der Waals surface area contributed by atoms with Crippen LogP contribution in [-0.2, 0) is 0 Å². The molecule has 0 aliphatic heterocycles. The van der Waals surface area contributed by atoms with Crippen LogP contribution in [-0.4, -0.2) is 29.1 Å². The van der Waals surface area contributed by atoms with E-state index in [0.717, 1.165) is 6.54 Å². The van der Waals surface area contributed by atoms with E-state index in [0.29, 0.717) is 0 Å². The fraction of sp³-hybridized carbons (Fsp3) is 1.00. The third kappa shape index (κ3) is 15.7. The molecular formula is C4H12Cl2NSn. The van der Waals surface area contributed by atoms with Gasteiger partial charge in [-0.05, 0) is 0 Å². The molecule has 0 aromatic rings. The molecule has 0 atom stereocenters. The van der Waals surface area contributed by atoms with E-state index in [4.69, 9.17) is 5.73 Å². The van der Waals surface area contributed by atoms with E-state index >= 15 is 0 Å². The fourth-order valence-electron chi connectivity index (χ4n) is 0.269. The van der Waals surface area contributed by atoms with Crippen molar-refractivity contribution < 1.29 is 0 Å². The van der Waals surface area contributed by atoms with E-state index in [1.54, 1.807) is 22.5 Å². The minimum atomic E-state index is 0. The molecule has 0 bridgehead atoms. The van der Waals surface area contributed by atoms with Crippen molar-refractivity contribution in [2.24, 2.45) is 5.73 Å². The van der Waals surface area contributed by atoms with Crippen molar-refractivity contribution in [1.82, 2.24) is 0 Å². The second kappa shape index (κ2) is 15.8. The van der Waals surface area contributed by atoms with E-state index in [9.17, 15) is 0 Å². The Bertz CT molecular complexity index is 26.0. The van der Waals surface area contributed by atoms with Crippen LogP contribution in [0.15, 0.2) is 0 Å². The molecule has 8 heavy (non-hydrogen) atoms. The number of unbranched alkanes of at least 4 members (excludes halogenated alkanes) is 1. The van der Waals surface area contributed by atoms with Gasteiger partial charge in [0.1, 0.15) is 0 Å². The summed E-state index contributed by atoms with van der Waals surface area (Å²) in [6.07, 6.45) is 2.54. The summed E-state index contributed by atoms with van der Waals surface area (Å²) in [5.74, 6) is 0. The van der Waals surface area contributed by atoms with Gasteiger partial charge in [0, 0.05) is 0 Å². The zero-order chi connectivity index (χ0) is 4.83. The van der Waals surface area contributed by atoms with Crippen molar-refractivity contribution in [2.75, 3.05) is 6.54 Å². The Morgan fingerprint density at radius 2 is 1.62 bits per heavy atom. The number of hydrogen-bond donors (Lipinski definition) is 1. The summed E-state index contributed by atoms with van der Waals surface area (Å²) in [6, 6.07) is 0. The second-order valence-corrected chi connectivity index (χ2v) is 2.67. The van der Waals surface area contributed by atoms with Gasteiger partial charge < -0.3 is 0 Å². The van der Waals surface area contributed by atoms with Gasteiger partial charge in [0.2, 0.25) is 0 Å². The van der Waals surface area contributed by atoms with Gasteiger partial charge in [0.05, 0.1) is 0 Å². The second-order valence-electron chi connectivity index (χ2n) is 1.25. The average molecular weight is 264 g/mol. The summed E-state index contributed by atoms with van der Waals surface area (Å²) in [6.45, 7) is 0.869. The first kappa shape index (κ1) is 16.2. The molecule has 4 heteroatoms. The van der Waals surface area contributed by atoms with E-state index in [1.165, 1.54) is 17.3 Å². The molecule has 0 aliphatic carbocycles. The van der Waals surface area contributed by atoms with Gasteiger partial charge in [-0.25, -0.2) is 0 Å². The number of rotatable bonds is 3. The van der Waals surface area contributed by atoms with Crippen molar-refractivity contribution >= 4 is 47.3 Å². The molecular weight excluding hydrogens is 252 g/mol. The molecule has 0 unspecified atom stereocenters. The molecule has 0 aromatic carbocycles. The zero-order valence-electron chi connectivity index (χ0n) is 4.72. The molecule has 0 heterocycles. The summed E-state index contributed by atoms with van der Waals surface area (Å²) >= 11 is 1.64. The minimum absolute atomic E-state index is 0. The summed E-state index contributed by atoms with van der Waals surface area (Å²) in [5.41, 5.74) is 5.22. The van der Waals surface area contributed by atoms with Crippen LogP contribution >= 0.6 is 24.8 Å². The van der Waals surface area contributed by atoms with Crippen molar-refractivity contribution in [2.45, 2.75) is 17.3 Å². The van der Waals surface area contributed by atoms with Crippen LogP contribution in [0.5, 0.6) is 0 Å². The van der Waals surface area contributed by atoms with Gasteiger partial charge >= 0.3 is 52.1 Å². The predicted octanol–water partition coefficient (Wildman–Crippen LogP) is 1.16. The summed E-state index contributed by atoms with van der Waals surface area (Å²) in [4.78, 5) is 0. The third-order valence-electron chi connectivity index (χ3n) is 0.631. The number of nitrogens with two attached hydrogens (primary N) is 1. The molecule has 0 aliphatic rings. The SMILES string of the molecule is Cl.Cl.NCCC[CH2][Sn]. The van der Waals surface area contributed by atoms with Gasteiger partial charge in [-0.1, -0.05) is 0 Å². The van der Waals surface area contributed by atoms with Gasteiger partial charge in [0.15, 0.2) is 0 Å². The molecule has 0 aromatic heterocycles. The van der Waals surface area contributed by atoms with Gasteiger partial charge in [-0.2, -0.15) is 0 Å². The molecule has 1 nitrogen and oxygen atoms in total. The van der Waals surface area contributed by atoms with Crippen LogP contribution in [0.3, 0.4) is 0 Å². The number of hydrogen-bond acceptors (Lipinski definition) is 1. The summed E-state index contributed by atoms with van der Waals surface area (Å²) in [7, 11) is 0. The predicted molar refractivity (Wildman–Crippen MR) is 43.3 cm³/mol. The van der Waals surface area contributed by atoms with Crippen LogP contribution in [0.2, 0.25) is 4.44 Å². The van der Waals surface area contributed by atoms with Crippen LogP contribution in [0.25, 0.3) is 0 Å². The molecule has 0 amide bonds. The first-order valence-electron chi connectivity index (χ1n) is 2.26. The van der Waals surface area contributed by atoms with Crippen LogP contribution in [0.1, 0.15) is 12.8 Å². The molecule has 51 valence electrons. The normalized spacial score (nSPS) is 6.75. The van der Waals surface area contributed by atoms with Gasteiger partial charge in [-0.3, -0.25) is 0 Å². The van der Waals surface area contributed by atoms with E-state index in [-0.39, 0.29) is 24.8 Å². The first-order valence-corrected chi connectivity index (χ1v) is 4.28. The van der Waals surface area contributed by atoms with Crippen LogP contribution in [0, 0.1) is 0 Å². The Kier molecular flexibility index (Phi) is 31.8. The Morgan fingerprint density at radius 3 is 1.75 bits per heavy atom. The van der Waals surface area contributed by atoms with Crippen LogP contribution in [0.4, 0.5) is 0 Å². The molecule has 0 spiro atoms. The Balaban J connectivity index is -0.000000125. The van der Waals surface area contributed by atoms with Crippen molar-refractivity contribution in [3.05, 3.63) is 0 Å². The van der Waals surface area contributed by atoms with E-state index in [2.05, 4.69) is 0 Å². The quantitative estimate of drug-likeness (QED) is 0.600. The molecule has 3 radical (unpaired) electrons. The number of halogens is 2. The molecule has 2 N–H and O–H groups in total. The maximum absolute atomic E-state index is 5.22.